The highest BCUT2D eigenvalue weighted by Crippen LogP contribution is 2.44. The van der Waals surface area contributed by atoms with E-state index in [1.165, 1.54) is 0 Å². The van der Waals surface area contributed by atoms with Gasteiger partial charge in [-0.15, -0.1) is 0 Å². The van der Waals surface area contributed by atoms with E-state index in [9.17, 15) is 14.4 Å². The maximum absolute atomic E-state index is 13.7. The predicted molar refractivity (Wildman–Crippen MR) is 128 cm³/mol. The molecule has 3 aromatic rings. The number of carbonyl (C=O) groups excluding carboxylic acids is 3. The average molecular weight is 455 g/mol. The molecule has 2 N–H and O–H groups in total. The van der Waals surface area contributed by atoms with Gasteiger partial charge in [0.2, 0.25) is 11.8 Å². The van der Waals surface area contributed by atoms with Crippen LogP contribution in [0.3, 0.4) is 0 Å². The highest BCUT2D eigenvalue weighted by molar-refractivity contribution is 6.02. The fraction of sp³-hybridized carbons (Fsp3) is 0.250. The van der Waals surface area contributed by atoms with Crippen molar-refractivity contribution in [1.82, 2.24) is 4.90 Å². The van der Waals surface area contributed by atoms with Crippen molar-refractivity contribution in [2.75, 3.05) is 19.7 Å². The van der Waals surface area contributed by atoms with Gasteiger partial charge in [-0.25, -0.2) is 0 Å². The zero-order chi connectivity index (χ0) is 23.7. The Kier molecular flexibility index (Phi) is 5.65. The number of primary amides is 1. The van der Waals surface area contributed by atoms with Crippen LogP contribution in [0.2, 0.25) is 0 Å². The summed E-state index contributed by atoms with van der Waals surface area (Å²) in [6, 6.07) is 23.9. The van der Waals surface area contributed by atoms with Crippen LogP contribution in [0.25, 0.3) is 0 Å². The van der Waals surface area contributed by atoms with Crippen LogP contribution in [0, 0.1) is 5.92 Å². The first-order valence-corrected chi connectivity index (χ1v) is 11.5. The standard InChI is InChI=1S/C28H26N2O4/c29-27(33)28(21-7-3-1-4-8-21,22-9-5-2-6-10-22)23-13-15-30(26(23)32)18-24(31)19-11-12-25-20(17-19)14-16-34-25/h1-12,17,23H,13-16,18H2,(H2,29,33). The van der Waals surface area contributed by atoms with Gasteiger partial charge in [0.1, 0.15) is 11.2 Å². The number of ketones is 1. The van der Waals surface area contributed by atoms with Gasteiger partial charge < -0.3 is 15.4 Å². The van der Waals surface area contributed by atoms with E-state index in [4.69, 9.17) is 10.5 Å². The van der Waals surface area contributed by atoms with E-state index in [0.29, 0.717) is 36.3 Å². The number of nitrogens with two attached hydrogens (primary N) is 1. The van der Waals surface area contributed by atoms with E-state index in [2.05, 4.69) is 0 Å². The molecule has 0 aromatic heterocycles. The number of benzene rings is 3. The first kappa shape index (κ1) is 21.9. The summed E-state index contributed by atoms with van der Waals surface area (Å²) in [4.78, 5) is 41.5. The number of Topliss-reactive ketones (excluding diaryl/α,β-unsaturated/α-hetero) is 1. The van der Waals surface area contributed by atoms with Gasteiger partial charge in [-0.2, -0.15) is 0 Å². The number of ether oxygens (including phenoxy) is 1. The van der Waals surface area contributed by atoms with Crippen molar-refractivity contribution < 1.29 is 19.1 Å². The summed E-state index contributed by atoms with van der Waals surface area (Å²) in [5.41, 5.74) is 7.70. The third kappa shape index (κ3) is 3.55. The van der Waals surface area contributed by atoms with Crippen molar-refractivity contribution >= 4 is 17.6 Å². The second-order valence-corrected chi connectivity index (χ2v) is 8.85. The SMILES string of the molecule is NC(=O)C(c1ccccc1)(c1ccccc1)C1CCN(CC(=O)c2ccc3c(c2)CCO3)C1=O. The molecule has 1 fully saturated rings. The van der Waals surface area contributed by atoms with Crippen molar-refractivity contribution in [1.29, 1.82) is 0 Å². The molecule has 5 rings (SSSR count). The van der Waals surface area contributed by atoms with E-state index in [1.807, 2.05) is 72.8 Å². The zero-order valence-corrected chi connectivity index (χ0v) is 18.8. The minimum Gasteiger partial charge on any atom is -0.493 e. The smallest absolute Gasteiger partial charge is 0.233 e. The number of nitrogens with zero attached hydrogens (tertiary/aromatic N) is 1. The van der Waals surface area contributed by atoms with Gasteiger partial charge in [-0.3, -0.25) is 14.4 Å². The third-order valence-corrected chi connectivity index (χ3v) is 7.01. The minimum atomic E-state index is -1.32. The molecule has 0 radical (unpaired) electrons. The van der Waals surface area contributed by atoms with Crippen molar-refractivity contribution in [3.63, 3.8) is 0 Å². The van der Waals surface area contributed by atoms with Gasteiger partial charge in [0.05, 0.1) is 19.1 Å². The molecule has 0 bridgehead atoms. The largest absolute Gasteiger partial charge is 0.493 e. The van der Waals surface area contributed by atoms with Crippen molar-refractivity contribution in [2.45, 2.75) is 18.3 Å². The van der Waals surface area contributed by atoms with Gasteiger partial charge >= 0.3 is 0 Å². The second kappa shape index (κ2) is 8.78. The lowest BCUT2D eigenvalue weighted by molar-refractivity contribution is -0.136. The molecule has 2 aliphatic rings. The van der Waals surface area contributed by atoms with E-state index >= 15 is 0 Å². The van der Waals surface area contributed by atoms with Gasteiger partial charge in [0.15, 0.2) is 5.78 Å². The second-order valence-electron chi connectivity index (χ2n) is 8.85. The van der Waals surface area contributed by atoms with Crippen LogP contribution >= 0.6 is 0 Å². The molecule has 0 spiro atoms. The minimum absolute atomic E-state index is 0.0343. The predicted octanol–water partition coefficient (Wildman–Crippen LogP) is 3.12. The third-order valence-electron chi connectivity index (χ3n) is 7.01. The van der Waals surface area contributed by atoms with Crippen molar-refractivity contribution in [3.8, 4) is 5.75 Å². The monoisotopic (exact) mass is 454 g/mol. The van der Waals surface area contributed by atoms with E-state index < -0.39 is 17.2 Å². The summed E-state index contributed by atoms with van der Waals surface area (Å²) in [6.45, 7) is 0.971. The molecule has 0 saturated carbocycles. The van der Waals surface area contributed by atoms with Crippen molar-refractivity contribution in [2.24, 2.45) is 11.7 Å². The number of fused-ring (bicyclic) bond motifs is 1. The first-order valence-electron chi connectivity index (χ1n) is 11.5. The Labute approximate surface area is 198 Å². The van der Waals surface area contributed by atoms with Crippen LogP contribution in [0.5, 0.6) is 5.75 Å². The summed E-state index contributed by atoms with van der Waals surface area (Å²) in [7, 11) is 0. The van der Waals surface area contributed by atoms with Crippen LogP contribution in [-0.4, -0.2) is 42.2 Å². The lowest BCUT2D eigenvalue weighted by Crippen LogP contribution is -2.51. The Bertz CT molecular complexity index is 1200. The summed E-state index contributed by atoms with van der Waals surface area (Å²) in [5, 5.41) is 0. The van der Waals surface area contributed by atoms with Crippen molar-refractivity contribution in [3.05, 3.63) is 101 Å². The summed E-state index contributed by atoms with van der Waals surface area (Å²) in [6.07, 6.45) is 1.20. The fourth-order valence-electron chi connectivity index (χ4n) is 5.35. The number of rotatable bonds is 7. The molecular weight excluding hydrogens is 428 g/mol. The Morgan fingerprint density at radius 3 is 2.24 bits per heavy atom. The number of carbonyl (C=O) groups is 3. The van der Waals surface area contributed by atoms with Crippen LogP contribution in [0.15, 0.2) is 78.9 Å². The van der Waals surface area contributed by atoms with E-state index in [-0.39, 0.29) is 18.2 Å². The molecule has 3 aromatic carbocycles. The summed E-state index contributed by atoms with van der Waals surface area (Å²) in [5.74, 6) is -0.825. The van der Waals surface area contributed by atoms with Gasteiger partial charge in [0.25, 0.3) is 0 Å². The van der Waals surface area contributed by atoms with Gasteiger partial charge in [-0.05, 0) is 41.3 Å². The van der Waals surface area contributed by atoms with Crippen LogP contribution < -0.4 is 10.5 Å². The quantitative estimate of drug-likeness (QED) is 0.556. The van der Waals surface area contributed by atoms with E-state index in [1.54, 1.807) is 11.0 Å². The molecule has 6 heteroatoms. The Balaban J connectivity index is 1.47. The maximum Gasteiger partial charge on any atom is 0.233 e. The molecule has 1 atom stereocenters. The molecule has 2 amide bonds. The topological polar surface area (TPSA) is 89.7 Å². The molecular formula is C28H26N2O4. The highest BCUT2D eigenvalue weighted by Gasteiger charge is 2.54. The molecule has 2 aliphatic heterocycles. The van der Waals surface area contributed by atoms with Crippen LogP contribution in [0.4, 0.5) is 0 Å². The number of amides is 2. The van der Waals surface area contributed by atoms with Crippen LogP contribution in [0.1, 0.15) is 33.5 Å². The van der Waals surface area contributed by atoms with Crippen LogP contribution in [-0.2, 0) is 21.4 Å². The summed E-state index contributed by atoms with van der Waals surface area (Å²) >= 11 is 0. The molecule has 1 unspecified atom stereocenters. The Hall–Kier alpha value is -3.93. The zero-order valence-electron chi connectivity index (χ0n) is 18.8. The maximum atomic E-state index is 13.7. The fourth-order valence-corrected chi connectivity index (χ4v) is 5.35. The molecule has 0 aliphatic carbocycles. The van der Waals surface area contributed by atoms with E-state index in [0.717, 1.165) is 17.7 Å². The normalized spacial score (nSPS) is 17.4. The Morgan fingerprint density at radius 2 is 1.62 bits per heavy atom. The number of likely N-dealkylation sites (tertiary alicyclic amines) is 1. The highest BCUT2D eigenvalue weighted by atomic mass is 16.5. The molecule has 6 nitrogen and oxygen atoms in total. The lowest BCUT2D eigenvalue weighted by atomic mass is 9.64. The molecule has 34 heavy (non-hydrogen) atoms. The van der Waals surface area contributed by atoms with Gasteiger partial charge in [-0.1, -0.05) is 60.7 Å². The van der Waals surface area contributed by atoms with Gasteiger partial charge in [0, 0.05) is 18.5 Å². The number of hydrogen-bond acceptors (Lipinski definition) is 4. The molecule has 1 saturated heterocycles. The molecule has 2 heterocycles. The summed E-state index contributed by atoms with van der Waals surface area (Å²) < 4.78 is 5.52. The first-order chi connectivity index (χ1) is 16.5. The number of hydrogen-bond donors (Lipinski definition) is 1. The lowest BCUT2D eigenvalue weighted by Gasteiger charge is -2.36. The Morgan fingerprint density at radius 1 is 0.971 bits per heavy atom. The average Bonchev–Trinajstić information content (AvgIpc) is 3.48. The molecule has 172 valence electrons.